The van der Waals surface area contributed by atoms with E-state index >= 15 is 4.39 Å². The molecule has 1 aliphatic rings. The number of pyridine rings is 1. The number of benzene rings is 2. The first-order chi connectivity index (χ1) is 18.4. The molecule has 0 spiro atoms. The first-order valence-corrected chi connectivity index (χ1v) is 12.3. The maximum absolute atomic E-state index is 15.3. The van der Waals surface area contributed by atoms with Gasteiger partial charge in [0.2, 0.25) is 0 Å². The lowest BCUT2D eigenvalue weighted by molar-refractivity contribution is 0.200. The molecule has 12 heteroatoms. The highest BCUT2D eigenvalue weighted by Crippen LogP contribution is 2.37. The van der Waals surface area contributed by atoms with Crippen molar-refractivity contribution in [1.29, 1.82) is 0 Å². The van der Waals surface area contributed by atoms with E-state index in [-0.39, 0.29) is 6.01 Å². The number of amides is 2. The maximum Gasteiger partial charge on any atom is 0.322 e. The summed E-state index contributed by atoms with van der Waals surface area (Å²) in [5, 5.41) is 3.10. The van der Waals surface area contributed by atoms with E-state index in [0.717, 1.165) is 16.6 Å². The molecule has 2 aromatic carbocycles. The molecule has 2 N–H and O–H groups in total. The Morgan fingerprint density at radius 1 is 1.03 bits per heavy atom. The molecule has 1 fully saturated rings. The summed E-state index contributed by atoms with van der Waals surface area (Å²) in [4.78, 5) is 30.4. The summed E-state index contributed by atoms with van der Waals surface area (Å²) in [5.74, 6) is -0.0224. The van der Waals surface area contributed by atoms with Gasteiger partial charge >= 0.3 is 12.0 Å². The number of hydrogen-bond donors (Lipinski definition) is 1. The number of hydrogen-bond acceptors (Lipinski definition) is 7. The summed E-state index contributed by atoms with van der Waals surface area (Å²) < 4.78 is 23.0. The van der Waals surface area contributed by atoms with Gasteiger partial charge < -0.3 is 20.4 Å². The number of primary amides is 1. The van der Waals surface area contributed by atoms with Crippen molar-refractivity contribution in [1.82, 2.24) is 29.5 Å². The van der Waals surface area contributed by atoms with E-state index in [2.05, 4.69) is 24.9 Å². The number of fused-ring (bicyclic) bond motifs is 3. The molecule has 6 rings (SSSR count). The topological polar surface area (TPSA) is 115 Å². The van der Waals surface area contributed by atoms with E-state index in [4.69, 9.17) is 22.1 Å². The van der Waals surface area contributed by atoms with Crippen molar-refractivity contribution < 1.29 is 13.9 Å². The highest BCUT2D eigenvalue weighted by Gasteiger charge is 2.22. The van der Waals surface area contributed by atoms with Gasteiger partial charge in [-0.2, -0.15) is 0 Å². The predicted molar refractivity (Wildman–Crippen MR) is 141 cm³/mol. The molecule has 0 saturated carbocycles. The number of aryl methyl sites for hydroxylation is 1. The zero-order valence-corrected chi connectivity index (χ0v) is 21.1. The number of nitrogens with zero attached hydrogens (tertiary/aromatic N) is 7. The predicted octanol–water partition coefficient (Wildman–Crippen LogP) is 4.27. The van der Waals surface area contributed by atoms with Crippen molar-refractivity contribution in [3.8, 4) is 22.9 Å². The van der Waals surface area contributed by atoms with Gasteiger partial charge in [-0.15, -0.1) is 0 Å². The standard InChI is InChI=1S/C26H22ClFN8O2/c1-15-4-5-30-26(33-15)38-16-2-3-17(20(27)10-16)18-11-19-22(12-21(18)28)31-13-23-24(19)36(14-32-23)35-8-6-34(7-9-35)25(29)37/h2-5,10-14H,6-9H2,1H3,(H2,29,37). The van der Waals surface area contributed by atoms with Crippen molar-refractivity contribution in [2.75, 3.05) is 31.2 Å². The number of imidazole rings is 1. The third kappa shape index (κ3) is 4.30. The number of piperazine rings is 1. The van der Waals surface area contributed by atoms with Crippen LogP contribution >= 0.6 is 11.6 Å². The Kier molecular flexibility index (Phi) is 5.91. The summed E-state index contributed by atoms with van der Waals surface area (Å²) in [6.45, 7) is 3.98. The molecular weight excluding hydrogens is 511 g/mol. The van der Waals surface area contributed by atoms with Crippen molar-refractivity contribution >= 4 is 39.6 Å². The van der Waals surface area contributed by atoms with Gasteiger partial charge in [0, 0.05) is 53.6 Å². The fourth-order valence-corrected chi connectivity index (χ4v) is 4.88. The number of urea groups is 1. The third-order valence-corrected chi connectivity index (χ3v) is 6.84. The summed E-state index contributed by atoms with van der Waals surface area (Å²) >= 11 is 6.60. The van der Waals surface area contributed by atoms with Crippen molar-refractivity contribution in [2.24, 2.45) is 5.73 Å². The molecule has 1 aliphatic heterocycles. The van der Waals surface area contributed by atoms with Crippen LogP contribution in [-0.2, 0) is 0 Å². The number of rotatable bonds is 4. The lowest BCUT2D eigenvalue weighted by Gasteiger charge is -2.35. The van der Waals surface area contributed by atoms with E-state index in [1.54, 1.807) is 54.0 Å². The van der Waals surface area contributed by atoms with Crippen LogP contribution in [0.2, 0.25) is 5.02 Å². The largest absolute Gasteiger partial charge is 0.424 e. The summed E-state index contributed by atoms with van der Waals surface area (Å²) in [7, 11) is 0. The van der Waals surface area contributed by atoms with Gasteiger partial charge in [0.05, 0.1) is 29.8 Å². The second-order valence-corrected chi connectivity index (χ2v) is 9.34. The Balaban J connectivity index is 1.39. The minimum absolute atomic E-state index is 0.198. The van der Waals surface area contributed by atoms with Crippen LogP contribution in [0, 0.1) is 12.7 Å². The lowest BCUT2D eigenvalue weighted by Crippen LogP contribution is -2.53. The second-order valence-electron chi connectivity index (χ2n) is 8.93. The fraction of sp³-hybridized carbons (Fsp3) is 0.192. The van der Waals surface area contributed by atoms with E-state index < -0.39 is 11.8 Å². The monoisotopic (exact) mass is 532 g/mol. The third-order valence-electron chi connectivity index (χ3n) is 6.53. The minimum Gasteiger partial charge on any atom is -0.424 e. The lowest BCUT2D eigenvalue weighted by atomic mass is 10.0. The second kappa shape index (κ2) is 9.42. The number of carbonyl (C=O) groups excluding carboxylic acids is 1. The molecule has 0 radical (unpaired) electrons. The van der Waals surface area contributed by atoms with Crippen molar-refractivity contribution in [3.63, 3.8) is 0 Å². The Hall–Kier alpha value is -4.51. The summed E-state index contributed by atoms with van der Waals surface area (Å²) in [5.41, 5.74) is 8.96. The maximum atomic E-state index is 15.3. The van der Waals surface area contributed by atoms with Gasteiger partial charge in [0.1, 0.15) is 28.9 Å². The molecule has 0 unspecified atom stereocenters. The summed E-state index contributed by atoms with van der Waals surface area (Å²) in [6.07, 6.45) is 4.94. The molecule has 38 heavy (non-hydrogen) atoms. The molecule has 4 heterocycles. The molecule has 0 atom stereocenters. The first-order valence-electron chi connectivity index (χ1n) is 11.9. The Morgan fingerprint density at radius 2 is 1.84 bits per heavy atom. The number of carbonyl (C=O) groups is 1. The van der Waals surface area contributed by atoms with Crippen molar-refractivity contribution in [2.45, 2.75) is 6.92 Å². The van der Waals surface area contributed by atoms with Crippen molar-refractivity contribution in [3.05, 3.63) is 71.7 Å². The molecule has 5 aromatic rings. The Labute approximate surface area is 221 Å². The average Bonchev–Trinajstić information content (AvgIpc) is 3.33. The zero-order chi connectivity index (χ0) is 26.4. The Morgan fingerprint density at radius 3 is 2.58 bits per heavy atom. The van der Waals surface area contributed by atoms with E-state index in [1.807, 2.05) is 11.6 Å². The van der Waals surface area contributed by atoms with Crippen LogP contribution < -0.4 is 15.5 Å². The normalized spacial score (nSPS) is 13.9. The number of ether oxygens (including phenoxy) is 1. The molecule has 2 amide bonds. The van der Waals surface area contributed by atoms with Crippen LogP contribution in [0.5, 0.6) is 11.8 Å². The minimum atomic E-state index is -0.455. The molecule has 3 aromatic heterocycles. The molecule has 0 aliphatic carbocycles. The SMILES string of the molecule is Cc1ccnc(Oc2ccc(-c3cc4c(cc3F)ncc3ncn(N5CCN(C(N)=O)CC5)c34)c(Cl)c2)n1. The van der Waals surface area contributed by atoms with Gasteiger partial charge in [-0.1, -0.05) is 11.6 Å². The first kappa shape index (κ1) is 23.9. The summed E-state index contributed by atoms with van der Waals surface area (Å²) in [6, 6.07) is 9.66. The van der Waals surface area contributed by atoms with Gasteiger partial charge in [0.25, 0.3) is 0 Å². The molecule has 1 saturated heterocycles. The smallest absolute Gasteiger partial charge is 0.322 e. The van der Waals surface area contributed by atoms with Crippen LogP contribution in [0.25, 0.3) is 33.1 Å². The number of aromatic nitrogens is 5. The van der Waals surface area contributed by atoms with E-state index in [0.29, 0.717) is 59.1 Å². The van der Waals surface area contributed by atoms with Crippen LogP contribution in [0.1, 0.15) is 5.69 Å². The van der Waals surface area contributed by atoms with Crippen LogP contribution in [0.15, 0.2) is 55.1 Å². The van der Waals surface area contributed by atoms with Gasteiger partial charge in [0.15, 0.2) is 0 Å². The molecule has 10 nitrogen and oxygen atoms in total. The number of halogens is 2. The molecule has 192 valence electrons. The van der Waals surface area contributed by atoms with E-state index in [1.165, 1.54) is 6.07 Å². The quantitative estimate of drug-likeness (QED) is 0.367. The molecule has 0 bridgehead atoms. The zero-order valence-electron chi connectivity index (χ0n) is 20.3. The van der Waals surface area contributed by atoms with Crippen LogP contribution in [0.4, 0.5) is 9.18 Å². The van der Waals surface area contributed by atoms with Crippen LogP contribution in [-0.4, -0.2) is 61.7 Å². The molecular formula is C26H22ClFN8O2. The van der Waals surface area contributed by atoms with Gasteiger partial charge in [-0.05, 0) is 31.2 Å². The Bertz CT molecular complexity index is 1700. The van der Waals surface area contributed by atoms with E-state index in [9.17, 15) is 4.79 Å². The fourth-order valence-electron chi connectivity index (χ4n) is 4.61. The highest BCUT2D eigenvalue weighted by atomic mass is 35.5. The number of nitrogens with two attached hydrogens (primary N) is 1. The average molecular weight is 533 g/mol. The highest BCUT2D eigenvalue weighted by molar-refractivity contribution is 6.33. The van der Waals surface area contributed by atoms with Crippen LogP contribution in [0.3, 0.4) is 0 Å². The van der Waals surface area contributed by atoms with Gasteiger partial charge in [-0.25, -0.2) is 28.8 Å². The van der Waals surface area contributed by atoms with Gasteiger partial charge in [-0.3, -0.25) is 4.98 Å².